The molecule has 0 aliphatic carbocycles. The molecule has 1 saturated heterocycles. The number of likely N-dealkylation sites (tertiary alicyclic amines) is 1. The van der Waals surface area contributed by atoms with Gasteiger partial charge in [0.25, 0.3) is 0 Å². The molecule has 1 fully saturated rings. The molecular formula is C17H23N3O2. The molecule has 1 aliphatic rings. The lowest BCUT2D eigenvalue weighted by molar-refractivity contribution is -0.127. The molecule has 2 N–H and O–H groups in total. The SMILES string of the molecule is C=CCNC(=O)NC[C@@H]1CC(=O)N(CCc2ccccc2)C1. The fourth-order valence-corrected chi connectivity index (χ4v) is 2.58. The quantitative estimate of drug-likeness (QED) is 0.751. The van der Waals surface area contributed by atoms with Crippen LogP contribution in [0.2, 0.25) is 0 Å². The van der Waals surface area contributed by atoms with Crippen molar-refractivity contribution in [2.24, 2.45) is 5.92 Å². The Balaban J connectivity index is 1.71. The van der Waals surface area contributed by atoms with Crippen LogP contribution in [0.4, 0.5) is 4.79 Å². The Morgan fingerprint density at radius 3 is 2.82 bits per heavy atom. The predicted molar refractivity (Wildman–Crippen MR) is 86.4 cm³/mol. The summed E-state index contributed by atoms with van der Waals surface area (Å²) < 4.78 is 0. The van der Waals surface area contributed by atoms with Crippen molar-refractivity contribution in [2.45, 2.75) is 12.8 Å². The van der Waals surface area contributed by atoms with E-state index in [1.807, 2.05) is 23.1 Å². The van der Waals surface area contributed by atoms with Crippen LogP contribution in [0.3, 0.4) is 0 Å². The summed E-state index contributed by atoms with van der Waals surface area (Å²) in [6.07, 6.45) is 3.01. The van der Waals surface area contributed by atoms with E-state index in [-0.39, 0.29) is 17.9 Å². The normalized spacial score (nSPS) is 17.4. The lowest BCUT2D eigenvalue weighted by atomic mass is 10.1. The van der Waals surface area contributed by atoms with Crippen molar-refractivity contribution >= 4 is 11.9 Å². The molecule has 0 unspecified atom stereocenters. The number of urea groups is 1. The van der Waals surface area contributed by atoms with E-state index in [1.54, 1.807) is 6.08 Å². The van der Waals surface area contributed by atoms with Gasteiger partial charge in [0, 0.05) is 38.5 Å². The lowest BCUT2D eigenvalue weighted by Gasteiger charge is -2.17. The third kappa shape index (κ3) is 4.91. The number of nitrogens with zero attached hydrogens (tertiary/aromatic N) is 1. The van der Waals surface area contributed by atoms with Crippen molar-refractivity contribution in [1.82, 2.24) is 15.5 Å². The summed E-state index contributed by atoms with van der Waals surface area (Å²) in [6, 6.07) is 9.94. The van der Waals surface area contributed by atoms with Gasteiger partial charge in [-0.1, -0.05) is 36.4 Å². The number of amides is 3. The van der Waals surface area contributed by atoms with Gasteiger partial charge in [0.15, 0.2) is 0 Å². The van der Waals surface area contributed by atoms with Gasteiger partial charge in [0.05, 0.1) is 0 Å². The molecule has 0 radical (unpaired) electrons. The molecule has 5 heteroatoms. The number of hydrogen-bond acceptors (Lipinski definition) is 2. The first-order valence-corrected chi connectivity index (χ1v) is 7.63. The Bertz CT molecular complexity index is 516. The van der Waals surface area contributed by atoms with Crippen LogP contribution in [0, 0.1) is 5.92 Å². The van der Waals surface area contributed by atoms with Gasteiger partial charge < -0.3 is 15.5 Å². The first-order chi connectivity index (χ1) is 10.7. The van der Waals surface area contributed by atoms with Gasteiger partial charge in [0.1, 0.15) is 0 Å². The van der Waals surface area contributed by atoms with E-state index < -0.39 is 0 Å². The van der Waals surface area contributed by atoms with Crippen LogP contribution in [0.25, 0.3) is 0 Å². The Hall–Kier alpha value is -2.30. The highest BCUT2D eigenvalue weighted by Crippen LogP contribution is 2.17. The van der Waals surface area contributed by atoms with Gasteiger partial charge in [-0.25, -0.2) is 4.79 Å². The van der Waals surface area contributed by atoms with Crippen molar-refractivity contribution in [2.75, 3.05) is 26.2 Å². The van der Waals surface area contributed by atoms with E-state index in [0.717, 1.165) is 13.0 Å². The van der Waals surface area contributed by atoms with Gasteiger partial charge in [-0.3, -0.25) is 4.79 Å². The van der Waals surface area contributed by atoms with Gasteiger partial charge >= 0.3 is 6.03 Å². The monoisotopic (exact) mass is 301 g/mol. The molecule has 1 heterocycles. The standard InChI is InChI=1S/C17H23N3O2/c1-2-9-18-17(22)19-12-15-11-16(21)20(13-15)10-8-14-6-4-3-5-7-14/h2-7,15H,1,8-13H2,(H2,18,19,22)/t15-/m0/s1. The van der Waals surface area contributed by atoms with Crippen LogP contribution in [0.1, 0.15) is 12.0 Å². The van der Waals surface area contributed by atoms with E-state index in [2.05, 4.69) is 29.3 Å². The number of benzene rings is 1. The summed E-state index contributed by atoms with van der Waals surface area (Å²) in [5.74, 6) is 0.368. The summed E-state index contributed by atoms with van der Waals surface area (Å²) in [7, 11) is 0. The number of rotatable bonds is 7. The molecular weight excluding hydrogens is 278 g/mol. The number of nitrogens with one attached hydrogen (secondary N) is 2. The van der Waals surface area contributed by atoms with E-state index in [9.17, 15) is 9.59 Å². The number of carbonyl (C=O) groups is 2. The van der Waals surface area contributed by atoms with E-state index >= 15 is 0 Å². The van der Waals surface area contributed by atoms with Crippen LogP contribution in [0.5, 0.6) is 0 Å². The van der Waals surface area contributed by atoms with E-state index in [1.165, 1.54) is 5.56 Å². The Morgan fingerprint density at radius 1 is 1.32 bits per heavy atom. The Labute approximate surface area is 131 Å². The molecule has 0 spiro atoms. The highest BCUT2D eigenvalue weighted by molar-refractivity contribution is 5.79. The third-order valence-corrected chi connectivity index (χ3v) is 3.77. The zero-order chi connectivity index (χ0) is 15.8. The zero-order valence-corrected chi connectivity index (χ0v) is 12.8. The van der Waals surface area contributed by atoms with Crippen LogP contribution in [-0.2, 0) is 11.2 Å². The van der Waals surface area contributed by atoms with Gasteiger partial charge in [-0.05, 0) is 12.0 Å². The first-order valence-electron chi connectivity index (χ1n) is 7.63. The lowest BCUT2D eigenvalue weighted by Crippen LogP contribution is -2.38. The maximum absolute atomic E-state index is 12.0. The molecule has 22 heavy (non-hydrogen) atoms. The fraction of sp³-hybridized carbons (Fsp3) is 0.412. The van der Waals surface area contributed by atoms with Crippen molar-refractivity contribution in [3.05, 3.63) is 48.6 Å². The summed E-state index contributed by atoms with van der Waals surface area (Å²) >= 11 is 0. The minimum absolute atomic E-state index is 0.175. The summed E-state index contributed by atoms with van der Waals surface area (Å²) in [5, 5.41) is 5.46. The first kappa shape index (κ1) is 16.1. The smallest absolute Gasteiger partial charge is 0.315 e. The minimum atomic E-state index is -0.213. The van der Waals surface area contributed by atoms with Crippen LogP contribution >= 0.6 is 0 Å². The second-order valence-electron chi connectivity index (χ2n) is 5.53. The van der Waals surface area contributed by atoms with Gasteiger partial charge in [-0.15, -0.1) is 6.58 Å². The van der Waals surface area contributed by atoms with Crippen molar-refractivity contribution in [1.29, 1.82) is 0 Å². The fourth-order valence-electron chi connectivity index (χ4n) is 2.58. The molecule has 1 atom stereocenters. The molecule has 3 amide bonds. The second kappa shape index (κ2) is 8.22. The number of carbonyl (C=O) groups excluding carboxylic acids is 2. The summed E-state index contributed by atoms with van der Waals surface area (Å²) in [5.41, 5.74) is 1.24. The van der Waals surface area contributed by atoms with Crippen LogP contribution in [0.15, 0.2) is 43.0 Å². The Morgan fingerprint density at radius 2 is 2.09 bits per heavy atom. The van der Waals surface area contributed by atoms with Crippen molar-refractivity contribution in [3.8, 4) is 0 Å². The molecule has 5 nitrogen and oxygen atoms in total. The maximum atomic E-state index is 12.0. The van der Waals surface area contributed by atoms with Crippen molar-refractivity contribution < 1.29 is 9.59 Å². The average molecular weight is 301 g/mol. The highest BCUT2D eigenvalue weighted by Gasteiger charge is 2.29. The Kier molecular flexibility index (Phi) is 6.01. The topological polar surface area (TPSA) is 61.4 Å². The molecule has 0 aromatic heterocycles. The van der Waals surface area contributed by atoms with Crippen molar-refractivity contribution in [3.63, 3.8) is 0 Å². The second-order valence-corrected chi connectivity index (χ2v) is 5.53. The molecule has 0 saturated carbocycles. The third-order valence-electron chi connectivity index (χ3n) is 3.77. The molecule has 118 valence electrons. The number of hydrogen-bond donors (Lipinski definition) is 2. The average Bonchev–Trinajstić information content (AvgIpc) is 2.90. The molecule has 1 aromatic rings. The van der Waals surface area contributed by atoms with E-state index in [0.29, 0.717) is 26.1 Å². The van der Waals surface area contributed by atoms with E-state index in [4.69, 9.17) is 0 Å². The maximum Gasteiger partial charge on any atom is 0.315 e. The molecule has 0 bridgehead atoms. The molecule has 2 rings (SSSR count). The van der Waals surface area contributed by atoms with Gasteiger partial charge in [0.2, 0.25) is 5.91 Å². The minimum Gasteiger partial charge on any atom is -0.342 e. The molecule has 1 aromatic carbocycles. The van der Waals surface area contributed by atoms with Gasteiger partial charge in [-0.2, -0.15) is 0 Å². The summed E-state index contributed by atoms with van der Waals surface area (Å²) in [4.78, 5) is 25.4. The van der Waals surface area contributed by atoms with Crippen LogP contribution < -0.4 is 10.6 Å². The van der Waals surface area contributed by atoms with Crippen LogP contribution in [-0.4, -0.2) is 43.0 Å². The largest absolute Gasteiger partial charge is 0.342 e. The predicted octanol–water partition coefficient (Wildman–Crippen LogP) is 1.56. The highest BCUT2D eigenvalue weighted by atomic mass is 16.2. The summed E-state index contributed by atoms with van der Waals surface area (Å²) in [6.45, 7) is 5.96. The zero-order valence-electron chi connectivity index (χ0n) is 12.8. The molecule has 1 aliphatic heterocycles.